The van der Waals surface area contributed by atoms with Crippen LogP contribution < -0.4 is 0 Å². The number of aliphatic hydroxyl groups excluding tert-OH is 3. The van der Waals surface area contributed by atoms with E-state index in [9.17, 15) is 29.7 Å². The van der Waals surface area contributed by atoms with Crippen LogP contribution in [-0.2, 0) is 42.8 Å². The largest absolute Gasteiger partial charge is 0.460 e. The summed E-state index contributed by atoms with van der Waals surface area (Å²) in [5.41, 5.74) is -0.997. The second-order valence-corrected chi connectivity index (χ2v) is 8.13. The third-order valence-electron chi connectivity index (χ3n) is 4.56. The number of ether oxygens (including phenoxy) is 6. The highest BCUT2D eigenvalue weighted by Crippen LogP contribution is 2.33. The molecule has 12 heteroatoms. The summed E-state index contributed by atoms with van der Waals surface area (Å²) in [6.07, 6.45) is -0.402. The summed E-state index contributed by atoms with van der Waals surface area (Å²) in [7, 11) is 0. The van der Waals surface area contributed by atoms with E-state index in [0.29, 0.717) is 0 Å². The minimum atomic E-state index is -2.05. The molecule has 0 saturated heterocycles. The highest BCUT2D eigenvalue weighted by molar-refractivity contribution is 5.87. The van der Waals surface area contributed by atoms with Gasteiger partial charge in [-0.15, -0.1) is 0 Å². The lowest BCUT2D eigenvalue weighted by molar-refractivity contribution is -0.398. The Bertz CT molecular complexity index is 677. The van der Waals surface area contributed by atoms with Crippen molar-refractivity contribution in [2.75, 3.05) is 59.5 Å². The fraction of sp³-hybridized carbons (Fsp3) is 0.625. The molecular weight excluding hydrogens is 480 g/mol. The SMILES string of the molecule is C=C(C)C(=O)OCCOC(CC(CO)(CO)CO)(OCCOC(=O)C(=C)C)OCCOC(=O)C(=C)C. The quantitative estimate of drug-likeness (QED) is 0.0668. The minimum absolute atomic E-state index is 0.173. The monoisotopic (exact) mass is 518 g/mol. The molecule has 0 amide bonds. The van der Waals surface area contributed by atoms with Crippen LogP contribution in [0, 0.1) is 5.41 Å². The van der Waals surface area contributed by atoms with E-state index in [1.54, 1.807) is 0 Å². The molecular formula is C24H38O12. The highest BCUT2D eigenvalue weighted by Gasteiger charge is 2.44. The number of rotatable bonds is 20. The third kappa shape index (κ3) is 12.4. The van der Waals surface area contributed by atoms with Crippen molar-refractivity contribution in [1.29, 1.82) is 0 Å². The first-order chi connectivity index (χ1) is 16.9. The van der Waals surface area contributed by atoms with Gasteiger partial charge in [0, 0.05) is 28.6 Å². The molecule has 0 aliphatic heterocycles. The van der Waals surface area contributed by atoms with Gasteiger partial charge in [-0.3, -0.25) is 0 Å². The van der Waals surface area contributed by atoms with Crippen LogP contribution in [0.4, 0.5) is 0 Å². The molecule has 0 saturated carbocycles. The van der Waals surface area contributed by atoms with Crippen LogP contribution in [0.1, 0.15) is 27.2 Å². The van der Waals surface area contributed by atoms with Crippen molar-refractivity contribution in [3.8, 4) is 0 Å². The first-order valence-corrected chi connectivity index (χ1v) is 11.1. The van der Waals surface area contributed by atoms with Gasteiger partial charge in [-0.25, -0.2) is 14.4 Å². The Morgan fingerprint density at radius 3 is 1.08 bits per heavy atom. The Morgan fingerprint density at radius 2 is 0.861 bits per heavy atom. The van der Waals surface area contributed by atoms with Crippen molar-refractivity contribution < 1.29 is 58.1 Å². The van der Waals surface area contributed by atoms with Crippen molar-refractivity contribution in [1.82, 2.24) is 0 Å². The average molecular weight is 519 g/mol. The molecule has 0 bridgehead atoms. The van der Waals surface area contributed by atoms with Gasteiger partial charge >= 0.3 is 17.9 Å². The highest BCUT2D eigenvalue weighted by atomic mass is 16.9. The molecule has 0 aromatic carbocycles. The lowest BCUT2D eigenvalue weighted by Gasteiger charge is -2.39. The molecule has 36 heavy (non-hydrogen) atoms. The predicted octanol–water partition coefficient (Wildman–Crippen LogP) is 0.401. The Labute approximate surface area is 211 Å². The zero-order chi connectivity index (χ0) is 27.8. The number of carbonyl (C=O) groups is 3. The maximum Gasteiger partial charge on any atom is 0.333 e. The summed E-state index contributed by atoms with van der Waals surface area (Å²) in [5, 5.41) is 29.5. The molecule has 0 heterocycles. The number of hydrogen-bond acceptors (Lipinski definition) is 12. The molecule has 206 valence electrons. The van der Waals surface area contributed by atoms with Crippen LogP contribution in [0.15, 0.2) is 36.5 Å². The van der Waals surface area contributed by atoms with Gasteiger partial charge in [-0.05, 0) is 20.8 Å². The molecule has 0 unspecified atom stereocenters. The molecule has 0 aliphatic rings. The fourth-order valence-electron chi connectivity index (χ4n) is 2.42. The van der Waals surface area contributed by atoms with E-state index >= 15 is 0 Å². The summed E-state index contributed by atoms with van der Waals surface area (Å²) in [4.78, 5) is 34.9. The van der Waals surface area contributed by atoms with Gasteiger partial charge in [0.2, 0.25) is 0 Å². The first kappa shape index (κ1) is 33.4. The topological polar surface area (TPSA) is 167 Å². The van der Waals surface area contributed by atoms with Gasteiger partial charge in [0.15, 0.2) is 0 Å². The number of hydrogen-bond donors (Lipinski definition) is 3. The van der Waals surface area contributed by atoms with Crippen LogP contribution in [0.3, 0.4) is 0 Å². The van der Waals surface area contributed by atoms with E-state index in [1.807, 2.05) is 0 Å². The summed E-state index contributed by atoms with van der Waals surface area (Å²) in [5.74, 6) is -4.01. The van der Waals surface area contributed by atoms with E-state index in [-0.39, 0.29) is 56.4 Å². The summed E-state index contributed by atoms with van der Waals surface area (Å²) in [6, 6.07) is 0. The van der Waals surface area contributed by atoms with E-state index in [4.69, 9.17) is 28.4 Å². The molecule has 12 nitrogen and oxygen atoms in total. The second-order valence-electron chi connectivity index (χ2n) is 8.13. The Kier molecular flexibility index (Phi) is 15.7. The first-order valence-electron chi connectivity index (χ1n) is 11.1. The van der Waals surface area contributed by atoms with E-state index in [2.05, 4.69) is 19.7 Å². The van der Waals surface area contributed by atoms with Crippen LogP contribution in [0.2, 0.25) is 0 Å². The summed E-state index contributed by atoms with van der Waals surface area (Å²) in [6.45, 7) is 11.3. The van der Waals surface area contributed by atoms with Crippen molar-refractivity contribution in [2.24, 2.45) is 5.41 Å². The Hall–Kier alpha value is -2.61. The van der Waals surface area contributed by atoms with Gasteiger partial charge in [-0.2, -0.15) is 0 Å². The van der Waals surface area contributed by atoms with Crippen LogP contribution >= 0.6 is 0 Å². The van der Waals surface area contributed by atoms with Gasteiger partial charge in [0.25, 0.3) is 5.97 Å². The molecule has 0 aromatic rings. The zero-order valence-corrected chi connectivity index (χ0v) is 21.2. The number of carbonyl (C=O) groups excluding carboxylic acids is 3. The average Bonchev–Trinajstić information content (AvgIpc) is 2.84. The minimum Gasteiger partial charge on any atom is -0.460 e. The molecule has 0 aliphatic carbocycles. The van der Waals surface area contributed by atoms with Crippen LogP contribution in [0.5, 0.6) is 0 Å². The Morgan fingerprint density at radius 1 is 0.583 bits per heavy atom. The molecule has 3 N–H and O–H groups in total. The van der Waals surface area contributed by atoms with Crippen molar-refractivity contribution in [3.63, 3.8) is 0 Å². The van der Waals surface area contributed by atoms with E-state index in [0.717, 1.165) is 0 Å². The molecule has 0 radical (unpaired) electrons. The molecule has 0 atom stereocenters. The van der Waals surface area contributed by atoms with E-state index in [1.165, 1.54) is 20.8 Å². The Balaban J connectivity index is 5.66. The van der Waals surface area contributed by atoms with Crippen molar-refractivity contribution in [2.45, 2.75) is 33.2 Å². The second kappa shape index (κ2) is 17.0. The van der Waals surface area contributed by atoms with Crippen molar-refractivity contribution in [3.05, 3.63) is 36.5 Å². The lowest BCUT2D eigenvalue weighted by Crippen LogP contribution is -2.50. The van der Waals surface area contributed by atoms with Gasteiger partial charge in [0.05, 0.1) is 39.6 Å². The predicted molar refractivity (Wildman–Crippen MR) is 126 cm³/mol. The van der Waals surface area contributed by atoms with Gasteiger partial charge < -0.3 is 43.7 Å². The fourth-order valence-corrected chi connectivity index (χ4v) is 2.42. The van der Waals surface area contributed by atoms with Crippen molar-refractivity contribution >= 4 is 17.9 Å². The lowest BCUT2D eigenvalue weighted by atomic mass is 9.86. The number of esters is 3. The zero-order valence-electron chi connectivity index (χ0n) is 21.2. The summed E-state index contributed by atoms with van der Waals surface area (Å²) < 4.78 is 32.2. The smallest absolute Gasteiger partial charge is 0.333 e. The van der Waals surface area contributed by atoms with Gasteiger partial charge in [0.1, 0.15) is 19.8 Å². The van der Waals surface area contributed by atoms with Crippen LogP contribution in [-0.4, -0.2) is 98.7 Å². The van der Waals surface area contributed by atoms with E-state index < -0.39 is 55.5 Å². The third-order valence-corrected chi connectivity index (χ3v) is 4.56. The van der Waals surface area contributed by atoms with Gasteiger partial charge in [-0.1, -0.05) is 19.7 Å². The molecule has 0 rings (SSSR count). The molecule has 0 fully saturated rings. The summed E-state index contributed by atoms with van der Waals surface area (Å²) >= 11 is 0. The van der Waals surface area contributed by atoms with Crippen LogP contribution in [0.25, 0.3) is 0 Å². The molecule has 0 aromatic heterocycles. The maximum absolute atomic E-state index is 11.6. The molecule has 0 spiro atoms. The maximum atomic E-state index is 11.6. The standard InChI is InChI=1S/C24H38O12/c1-17(2)20(28)31-7-10-34-24(13-23(14-25,15-26)16-27,35-11-8-32-21(29)18(3)4)36-12-9-33-22(30)19(5)6/h25-27H,1,3,5,7-16H2,2,4,6H3. The normalized spacial score (nSPS) is 11.5. The number of aliphatic hydroxyl groups is 3.